The molecule has 1 aromatic heterocycles. The van der Waals surface area contributed by atoms with Crippen LogP contribution in [0.2, 0.25) is 0 Å². The molecule has 1 aliphatic rings. The molecule has 2 aromatic rings. The Hall–Kier alpha value is -2.42. The van der Waals surface area contributed by atoms with Gasteiger partial charge in [-0.1, -0.05) is 19.1 Å². The Balaban J connectivity index is 1.60. The van der Waals surface area contributed by atoms with Gasteiger partial charge in [0.25, 0.3) is 6.01 Å². The van der Waals surface area contributed by atoms with Crippen molar-refractivity contribution in [3.63, 3.8) is 0 Å². The lowest BCUT2D eigenvalue weighted by molar-refractivity contribution is -0.274. The number of fused-ring (bicyclic) bond motifs is 1. The quantitative estimate of drug-likeness (QED) is 0.862. The molecule has 2 unspecified atom stereocenters. The van der Waals surface area contributed by atoms with Crippen molar-refractivity contribution in [2.45, 2.75) is 44.9 Å². The number of nitrogen functional groups attached to an aromatic ring is 1. The molecule has 3 N–H and O–H groups in total. The Labute approximate surface area is 142 Å². The number of alkyl halides is 3. The first-order chi connectivity index (χ1) is 11.8. The van der Waals surface area contributed by atoms with Crippen molar-refractivity contribution >= 4 is 5.82 Å². The third-order valence-corrected chi connectivity index (χ3v) is 3.99. The Morgan fingerprint density at radius 3 is 2.72 bits per heavy atom. The third kappa shape index (κ3) is 4.36. The number of aromatic nitrogens is 2. The topological polar surface area (TPSA) is 74.3 Å². The first kappa shape index (κ1) is 17.4. The molecule has 0 bridgehead atoms. The average Bonchev–Trinajstić information content (AvgIpc) is 2.90. The molecule has 0 saturated carbocycles. The second-order valence-corrected chi connectivity index (χ2v) is 5.84. The van der Waals surface area contributed by atoms with E-state index in [0.717, 1.165) is 12.0 Å². The van der Waals surface area contributed by atoms with Crippen LogP contribution >= 0.6 is 0 Å². The van der Waals surface area contributed by atoms with Gasteiger partial charge in [-0.25, -0.2) is 0 Å². The Bertz CT molecular complexity index is 715. The molecule has 0 spiro atoms. The predicted octanol–water partition coefficient (Wildman–Crippen LogP) is 2.69. The molecule has 136 valence electrons. The number of nitrogens with two attached hydrogens (primary N) is 1. The van der Waals surface area contributed by atoms with E-state index in [1.165, 1.54) is 12.1 Å². The molecule has 0 fully saturated rings. The zero-order valence-electron chi connectivity index (χ0n) is 13.6. The SMILES string of the molecule is CCC1Oc2nc(N)cn2CC1NCc1ccc(OC(F)(F)F)cc1. The summed E-state index contributed by atoms with van der Waals surface area (Å²) >= 11 is 0. The van der Waals surface area contributed by atoms with Gasteiger partial charge < -0.3 is 20.5 Å². The fourth-order valence-corrected chi connectivity index (χ4v) is 2.81. The summed E-state index contributed by atoms with van der Waals surface area (Å²) in [5.41, 5.74) is 6.54. The van der Waals surface area contributed by atoms with E-state index in [9.17, 15) is 13.2 Å². The molecular weight excluding hydrogens is 337 g/mol. The molecule has 25 heavy (non-hydrogen) atoms. The highest BCUT2D eigenvalue weighted by atomic mass is 19.4. The fraction of sp³-hybridized carbons (Fsp3) is 0.438. The maximum absolute atomic E-state index is 12.2. The minimum Gasteiger partial charge on any atom is -0.460 e. The number of halogens is 3. The van der Waals surface area contributed by atoms with Crippen molar-refractivity contribution in [2.75, 3.05) is 5.73 Å². The van der Waals surface area contributed by atoms with Crippen LogP contribution in [0.1, 0.15) is 18.9 Å². The fourth-order valence-electron chi connectivity index (χ4n) is 2.81. The summed E-state index contributed by atoms with van der Waals surface area (Å²) < 4.78 is 48.1. The Kier molecular flexibility index (Phi) is 4.76. The molecule has 0 radical (unpaired) electrons. The second-order valence-electron chi connectivity index (χ2n) is 5.84. The van der Waals surface area contributed by atoms with Gasteiger partial charge in [0, 0.05) is 13.1 Å². The first-order valence-electron chi connectivity index (χ1n) is 7.91. The molecule has 3 rings (SSSR count). The molecular formula is C16H19F3N4O2. The minimum absolute atomic E-state index is 0.0391. The van der Waals surface area contributed by atoms with Crippen LogP contribution in [-0.2, 0) is 13.1 Å². The van der Waals surface area contributed by atoms with Crippen LogP contribution in [0.3, 0.4) is 0 Å². The smallest absolute Gasteiger partial charge is 0.460 e. The number of nitrogens with zero attached hydrogens (tertiary/aromatic N) is 2. The van der Waals surface area contributed by atoms with Gasteiger partial charge >= 0.3 is 6.36 Å². The zero-order chi connectivity index (χ0) is 18.0. The van der Waals surface area contributed by atoms with E-state index in [1.54, 1.807) is 18.3 Å². The lowest BCUT2D eigenvalue weighted by atomic mass is 10.1. The number of anilines is 1. The van der Waals surface area contributed by atoms with Crippen molar-refractivity contribution in [1.82, 2.24) is 14.9 Å². The Morgan fingerprint density at radius 2 is 2.08 bits per heavy atom. The van der Waals surface area contributed by atoms with Gasteiger partial charge in [0.2, 0.25) is 0 Å². The molecule has 2 heterocycles. The van der Waals surface area contributed by atoms with Crippen LogP contribution in [0.15, 0.2) is 30.5 Å². The maximum Gasteiger partial charge on any atom is 0.573 e. The lowest BCUT2D eigenvalue weighted by Crippen LogP contribution is -2.48. The molecule has 0 saturated heterocycles. The van der Waals surface area contributed by atoms with E-state index in [4.69, 9.17) is 10.5 Å². The van der Waals surface area contributed by atoms with Crippen molar-refractivity contribution < 1.29 is 22.6 Å². The summed E-state index contributed by atoms with van der Waals surface area (Å²) in [7, 11) is 0. The lowest BCUT2D eigenvalue weighted by Gasteiger charge is -2.32. The van der Waals surface area contributed by atoms with Gasteiger partial charge in [-0.3, -0.25) is 4.57 Å². The summed E-state index contributed by atoms with van der Waals surface area (Å²) in [5, 5.41) is 3.38. The highest BCUT2D eigenvalue weighted by Gasteiger charge is 2.31. The maximum atomic E-state index is 12.2. The normalized spacial score (nSPS) is 20.0. The minimum atomic E-state index is -4.68. The van der Waals surface area contributed by atoms with E-state index < -0.39 is 6.36 Å². The molecule has 9 heteroatoms. The van der Waals surface area contributed by atoms with Gasteiger partial charge in [0.05, 0.1) is 12.2 Å². The van der Waals surface area contributed by atoms with Crippen LogP contribution in [0, 0.1) is 0 Å². The third-order valence-electron chi connectivity index (χ3n) is 3.99. The monoisotopic (exact) mass is 356 g/mol. The molecule has 2 atom stereocenters. The molecule has 1 aliphatic heterocycles. The molecule has 0 aliphatic carbocycles. The van der Waals surface area contributed by atoms with E-state index >= 15 is 0 Å². The Morgan fingerprint density at radius 1 is 1.36 bits per heavy atom. The molecule has 6 nitrogen and oxygen atoms in total. The summed E-state index contributed by atoms with van der Waals surface area (Å²) in [5.74, 6) is 0.174. The second kappa shape index (κ2) is 6.83. The van der Waals surface area contributed by atoms with E-state index in [-0.39, 0.29) is 17.9 Å². The summed E-state index contributed by atoms with van der Waals surface area (Å²) in [6.07, 6.45) is -2.22. The largest absolute Gasteiger partial charge is 0.573 e. The van der Waals surface area contributed by atoms with Crippen LogP contribution in [0.25, 0.3) is 0 Å². The van der Waals surface area contributed by atoms with Crippen molar-refractivity contribution in [3.05, 3.63) is 36.0 Å². The van der Waals surface area contributed by atoms with Gasteiger partial charge in [-0.05, 0) is 24.1 Å². The number of nitrogens with one attached hydrogen (secondary N) is 1. The zero-order valence-corrected chi connectivity index (χ0v) is 13.6. The van der Waals surface area contributed by atoms with Crippen molar-refractivity contribution in [3.8, 4) is 11.8 Å². The van der Waals surface area contributed by atoms with Gasteiger partial charge in [-0.15, -0.1) is 13.2 Å². The van der Waals surface area contributed by atoms with Crippen molar-refractivity contribution in [1.29, 1.82) is 0 Å². The number of rotatable bonds is 5. The highest BCUT2D eigenvalue weighted by Crippen LogP contribution is 2.25. The number of hydrogen-bond donors (Lipinski definition) is 2. The highest BCUT2D eigenvalue weighted by molar-refractivity contribution is 5.30. The summed E-state index contributed by atoms with van der Waals surface area (Å²) in [4.78, 5) is 4.13. The van der Waals surface area contributed by atoms with Crippen LogP contribution in [0.5, 0.6) is 11.8 Å². The number of hydrogen-bond acceptors (Lipinski definition) is 5. The van der Waals surface area contributed by atoms with E-state index in [1.807, 2.05) is 11.5 Å². The van der Waals surface area contributed by atoms with Gasteiger partial charge in [0.15, 0.2) is 0 Å². The number of imidazole rings is 1. The number of benzene rings is 1. The van der Waals surface area contributed by atoms with Gasteiger partial charge in [0.1, 0.15) is 17.7 Å². The average molecular weight is 356 g/mol. The van der Waals surface area contributed by atoms with Crippen molar-refractivity contribution in [2.24, 2.45) is 0 Å². The first-order valence-corrected chi connectivity index (χ1v) is 7.91. The van der Waals surface area contributed by atoms with Gasteiger partial charge in [-0.2, -0.15) is 4.98 Å². The van der Waals surface area contributed by atoms with E-state index in [2.05, 4.69) is 15.0 Å². The number of ether oxygens (including phenoxy) is 2. The molecule has 1 aromatic carbocycles. The van der Waals surface area contributed by atoms with Crippen LogP contribution < -0.4 is 20.5 Å². The van der Waals surface area contributed by atoms with Crippen LogP contribution in [-0.4, -0.2) is 28.1 Å². The summed E-state index contributed by atoms with van der Waals surface area (Å²) in [6.45, 7) is 3.17. The predicted molar refractivity (Wildman–Crippen MR) is 85.1 cm³/mol. The van der Waals surface area contributed by atoms with Crippen LogP contribution in [0.4, 0.5) is 19.0 Å². The van der Waals surface area contributed by atoms with E-state index in [0.29, 0.717) is 24.9 Å². The summed E-state index contributed by atoms with van der Waals surface area (Å²) in [6, 6.07) is 6.34. The standard InChI is InChI=1S/C16H19F3N4O2/c1-2-13-12(8-23-9-14(20)22-15(23)24-13)21-7-10-3-5-11(6-4-10)25-16(17,18)19/h3-6,9,12-13,21H,2,7-8,20H2,1H3. The molecule has 0 amide bonds.